The number of aromatic amines is 1. The van der Waals surface area contributed by atoms with E-state index in [4.69, 9.17) is 0 Å². The molecule has 0 spiro atoms. The van der Waals surface area contributed by atoms with Crippen LogP contribution in [0.15, 0.2) is 6.07 Å². The molecule has 0 atom stereocenters. The topological polar surface area (TPSA) is 45.8 Å². The van der Waals surface area contributed by atoms with Gasteiger partial charge in [0, 0.05) is 23.8 Å². The van der Waals surface area contributed by atoms with Crippen molar-refractivity contribution in [1.29, 1.82) is 0 Å². The number of rotatable bonds is 1. The summed E-state index contributed by atoms with van der Waals surface area (Å²) in [5.41, 5.74) is 4.05. The number of hydrogen-bond donors (Lipinski definition) is 1. The third-order valence-electron chi connectivity index (χ3n) is 2.73. The lowest BCUT2D eigenvalue weighted by molar-refractivity contribution is 0.101. The Morgan fingerprint density at radius 2 is 2.40 bits per heavy atom. The van der Waals surface area contributed by atoms with Crippen LogP contribution >= 0.6 is 11.3 Å². The van der Waals surface area contributed by atoms with Crippen LogP contribution in [0.3, 0.4) is 0 Å². The molecule has 3 rings (SSSR count). The monoisotopic (exact) mass is 218 g/mol. The number of thiophene rings is 1. The van der Waals surface area contributed by atoms with Crippen LogP contribution in [0, 0.1) is 6.92 Å². The van der Waals surface area contributed by atoms with Gasteiger partial charge in [0.15, 0.2) is 5.78 Å². The number of aryl methyl sites for hydroxylation is 1. The molecular formula is C11H10N2OS. The molecule has 2 heterocycles. The molecule has 3 nitrogen and oxygen atoms in total. The third kappa shape index (κ3) is 1.11. The van der Waals surface area contributed by atoms with Gasteiger partial charge >= 0.3 is 0 Å². The van der Waals surface area contributed by atoms with Crippen molar-refractivity contribution >= 4 is 17.1 Å². The lowest BCUT2D eigenvalue weighted by Gasteiger charge is -1.92. The number of nitrogens with one attached hydrogen (secondary N) is 1. The van der Waals surface area contributed by atoms with Gasteiger partial charge in [0.1, 0.15) is 5.69 Å². The second-order valence-corrected chi connectivity index (χ2v) is 5.13. The number of hydrogen-bond acceptors (Lipinski definition) is 3. The molecule has 1 N–H and O–H groups in total. The SMILES string of the molecule is CC(=O)c1n[nH]c2c1Cc1cc(C)sc1-2. The standard InChI is InChI=1S/C11H10N2OS/c1-5-3-7-4-8-9(6(2)14)12-13-10(8)11(7)15-5/h3H,4H2,1-2H3,(H,12,13). The molecule has 1 aliphatic rings. The summed E-state index contributed by atoms with van der Waals surface area (Å²) in [7, 11) is 0. The molecule has 0 bridgehead atoms. The van der Waals surface area contributed by atoms with Gasteiger partial charge in [-0.3, -0.25) is 9.89 Å². The van der Waals surface area contributed by atoms with Crippen LogP contribution in [-0.4, -0.2) is 16.0 Å². The molecule has 0 saturated carbocycles. The smallest absolute Gasteiger partial charge is 0.180 e. The first-order valence-corrected chi connectivity index (χ1v) is 5.66. The first-order valence-electron chi connectivity index (χ1n) is 4.84. The highest BCUT2D eigenvalue weighted by molar-refractivity contribution is 7.15. The Kier molecular flexibility index (Phi) is 1.65. The Hall–Kier alpha value is -1.42. The number of aromatic nitrogens is 2. The van der Waals surface area contributed by atoms with Gasteiger partial charge in [0.05, 0.1) is 10.6 Å². The summed E-state index contributed by atoms with van der Waals surface area (Å²) in [6, 6.07) is 2.19. The molecule has 4 heteroatoms. The Labute approximate surface area is 91.1 Å². The number of Topliss-reactive ketones (excluding diaryl/α,β-unsaturated/α-hetero) is 1. The molecule has 0 aromatic carbocycles. The lowest BCUT2D eigenvalue weighted by Crippen LogP contribution is -1.97. The molecule has 15 heavy (non-hydrogen) atoms. The van der Waals surface area contributed by atoms with E-state index < -0.39 is 0 Å². The maximum Gasteiger partial charge on any atom is 0.180 e. The van der Waals surface area contributed by atoms with Crippen molar-refractivity contribution in [2.45, 2.75) is 20.3 Å². The molecule has 0 amide bonds. The Morgan fingerprint density at radius 1 is 1.60 bits per heavy atom. The fourth-order valence-electron chi connectivity index (χ4n) is 2.12. The number of carbonyl (C=O) groups excluding carboxylic acids is 1. The van der Waals surface area contributed by atoms with Gasteiger partial charge in [-0.05, 0) is 18.6 Å². The van der Waals surface area contributed by atoms with Crippen molar-refractivity contribution in [3.05, 3.63) is 27.8 Å². The Morgan fingerprint density at radius 3 is 3.13 bits per heavy atom. The number of fused-ring (bicyclic) bond motifs is 3. The Bertz CT molecular complexity index is 565. The van der Waals surface area contributed by atoms with E-state index in [0.717, 1.165) is 17.7 Å². The van der Waals surface area contributed by atoms with E-state index >= 15 is 0 Å². The zero-order chi connectivity index (χ0) is 10.6. The van der Waals surface area contributed by atoms with Crippen LogP contribution in [0.2, 0.25) is 0 Å². The fourth-order valence-corrected chi connectivity index (χ4v) is 3.17. The third-order valence-corrected chi connectivity index (χ3v) is 3.84. The van der Waals surface area contributed by atoms with E-state index in [1.54, 1.807) is 18.3 Å². The molecule has 76 valence electrons. The van der Waals surface area contributed by atoms with Crippen molar-refractivity contribution in [2.24, 2.45) is 0 Å². The van der Waals surface area contributed by atoms with Crippen molar-refractivity contribution in [2.75, 3.05) is 0 Å². The zero-order valence-corrected chi connectivity index (χ0v) is 9.36. The van der Waals surface area contributed by atoms with E-state index in [1.807, 2.05) is 0 Å². The number of carbonyl (C=O) groups is 1. The summed E-state index contributed by atoms with van der Waals surface area (Å²) >= 11 is 1.76. The maximum absolute atomic E-state index is 11.3. The molecule has 2 aromatic rings. The molecule has 0 unspecified atom stereocenters. The minimum Gasteiger partial charge on any atom is -0.293 e. The largest absolute Gasteiger partial charge is 0.293 e. The molecule has 0 aliphatic heterocycles. The second kappa shape index (κ2) is 2.79. The molecule has 0 fully saturated rings. The minimum atomic E-state index is 0.0411. The van der Waals surface area contributed by atoms with Crippen molar-refractivity contribution < 1.29 is 4.79 Å². The molecular weight excluding hydrogens is 208 g/mol. The van der Waals surface area contributed by atoms with Crippen molar-refractivity contribution in [3.63, 3.8) is 0 Å². The van der Waals surface area contributed by atoms with Gasteiger partial charge < -0.3 is 0 Å². The summed E-state index contributed by atoms with van der Waals surface area (Å²) in [4.78, 5) is 13.9. The quantitative estimate of drug-likeness (QED) is 0.638. The predicted molar refractivity (Wildman–Crippen MR) is 59.4 cm³/mol. The van der Waals surface area contributed by atoms with E-state index in [0.29, 0.717) is 5.69 Å². The highest BCUT2D eigenvalue weighted by Gasteiger charge is 2.27. The Balaban J connectivity index is 2.21. The summed E-state index contributed by atoms with van der Waals surface area (Å²) in [6.45, 7) is 3.67. The van der Waals surface area contributed by atoms with Crippen molar-refractivity contribution in [1.82, 2.24) is 10.2 Å². The van der Waals surface area contributed by atoms with Crippen LogP contribution in [0.5, 0.6) is 0 Å². The summed E-state index contributed by atoms with van der Waals surface area (Å²) in [5, 5.41) is 7.05. The highest BCUT2D eigenvalue weighted by Crippen LogP contribution is 2.42. The fraction of sp³-hybridized carbons (Fsp3) is 0.273. The molecule has 0 radical (unpaired) electrons. The minimum absolute atomic E-state index is 0.0411. The van der Waals surface area contributed by atoms with Gasteiger partial charge in [-0.1, -0.05) is 0 Å². The number of nitrogens with zero attached hydrogens (tertiary/aromatic N) is 1. The number of ketones is 1. The van der Waals surface area contributed by atoms with Gasteiger partial charge in [-0.25, -0.2) is 0 Å². The van der Waals surface area contributed by atoms with Crippen LogP contribution < -0.4 is 0 Å². The normalized spacial score (nSPS) is 12.7. The lowest BCUT2D eigenvalue weighted by atomic mass is 10.1. The van der Waals surface area contributed by atoms with E-state index in [2.05, 4.69) is 23.2 Å². The average molecular weight is 218 g/mol. The zero-order valence-electron chi connectivity index (χ0n) is 8.55. The average Bonchev–Trinajstić information content (AvgIpc) is 2.73. The molecule has 0 saturated heterocycles. The van der Waals surface area contributed by atoms with Gasteiger partial charge in [-0.2, -0.15) is 5.10 Å². The van der Waals surface area contributed by atoms with Crippen LogP contribution in [0.1, 0.15) is 33.4 Å². The van der Waals surface area contributed by atoms with E-state index in [-0.39, 0.29) is 5.78 Å². The second-order valence-electron chi connectivity index (χ2n) is 3.87. The van der Waals surface area contributed by atoms with Gasteiger partial charge in [0.2, 0.25) is 0 Å². The predicted octanol–water partition coefficient (Wildman–Crippen LogP) is 2.55. The van der Waals surface area contributed by atoms with Gasteiger partial charge in [0.25, 0.3) is 0 Å². The van der Waals surface area contributed by atoms with Crippen molar-refractivity contribution in [3.8, 4) is 10.6 Å². The highest BCUT2D eigenvalue weighted by atomic mass is 32.1. The summed E-state index contributed by atoms with van der Waals surface area (Å²) in [5.74, 6) is 0.0411. The van der Waals surface area contributed by atoms with Gasteiger partial charge in [-0.15, -0.1) is 11.3 Å². The molecule has 1 aliphatic carbocycles. The first-order chi connectivity index (χ1) is 7.16. The van der Waals surface area contributed by atoms with E-state index in [9.17, 15) is 4.79 Å². The maximum atomic E-state index is 11.3. The number of H-pyrrole nitrogens is 1. The van der Waals surface area contributed by atoms with Crippen LogP contribution in [0.4, 0.5) is 0 Å². The van der Waals surface area contributed by atoms with Crippen LogP contribution in [0.25, 0.3) is 10.6 Å². The first kappa shape index (κ1) is 8.85. The summed E-state index contributed by atoms with van der Waals surface area (Å²) < 4.78 is 0. The summed E-state index contributed by atoms with van der Waals surface area (Å²) in [6.07, 6.45) is 0.848. The van der Waals surface area contributed by atoms with Crippen LogP contribution in [-0.2, 0) is 6.42 Å². The molecule has 2 aromatic heterocycles. The van der Waals surface area contributed by atoms with E-state index in [1.165, 1.54) is 15.3 Å².